The van der Waals surface area contributed by atoms with E-state index in [2.05, 4.69) is 40.7 Å². The molecule has 3 saturated heterocycles. The van der Waals surface area contributed by atoms with Gasteiger partial charge in [-0.05, 0) is 92.3 Å². The standard InChI is InChI=1S/C37H56O11/c1-18-15-24-37(31(5,6)43,46-19(2)38)48-36(47-24)27(18)32(7)13-14-35-17-34(35)12-11-23(45-28-26(41)25(40)20(39)16-44-28)30(3,4)21(34)9-10-22(35)33(32,8)29(36)42/h10,18,20-21,23-29,39-43H,9,11-17H2,1-8H3/t18-,20-,21+,23+,24-,25+,26-,27-,28+,29-,32-,33-,34-,35+,36+,37+/m1/s1. The van der Waals surface area contributed by atoms with Crippen LogP contribution >= 0.6 is 0 Å². The van der Waals surface area contributed by atoms with Crippen LogP contribution in [0.3, 0.4) is 0 Å². The molecule has 8 aliphatic rings. The molecule has 16 atom stereocenters. The van der Waals surface area contributed by atoms with E-state index in [1.807, 2.05) is 0 Å². The number of rotatable bonds is 4. The van der Waals surface area contributed by atoms with Gasteiger partial charge in [0.2, 0.25) is 5.79 Å². The minimum Gasteiger partial charge on any atom is -0.427 e. The minimum atomic E-state index is -1.75. The summed E-state index contributed by atoms with van der Waals surface area (Å²) >= 11 is 0. The van der Waals surface area contributed by atoms with Crippen LogP contribution in [0.1, 0.15) is 100 Å². The van der Waals surface area contributed by atoms with Gasteiger partial charge >= 0.3 is 5.97 Å². The van der Waals surface area contributed by atoms with Gasteiger partial charge < -0.3 is 49.2 Å². The minimum absolute atomic E-state index is 0.0395. The molecule has 0 radical (unpaired) electrons. The number of carbonyl (C=O) groups is 1. The number of hydrogen-bond acceptors (Lipinski definition) is 11. The number of aliphatic hydroxyl groups excluding tert-OH is 4. The average Bonchev–Trinajstić information content (AvgIpc) is 3.54. The number of aliphatic hydroxyl groups is 5. The third-order valence-electron chi connectivity index (χ3n) is 15.7. The van der Waals surface area contributed by atoms with Crippen molar-refractivity contribution in [3.05, 3.63) is 11.6 Å². The summed E-state index contributed by atoms with van der Waals surface area (Å²) in [6.45, 7) is 15.5. The van der Waals surface area contributed by atoms with Crippen LogP contribution in [0.15, 0.2) is 11.6 Å². The Kier molecular flexibility index (Phi) is 6.96. The van der Waals surface area contributed by atoms with E-state index in [0.29, 0.717) is 12.3 Å². The lowest BCUT2D eigenvalue weighted by atomic mass is 9.44. The number of ether oxygens (including phenoxy) is 5. The second-order valence-electron chi connectivity index (χ2n) is 18.5. The van der Waals surface area contributed by atoms with Gasteiger partial charge in [-0.1, -0.05) is 46.3 Å². The molecule has 3 heterocycles. The van der Waals surface area contributed by atoms with Gasteiger partial charge in [0.1, 0.15) is 36.1 Å². The molecule has 3 aliphatic heterocycles. The molecule has 11 heteroatoms. The summed E-state index contributed by atoms with van der Waals surface area (Å²) in [4.78, 5) is 12.5. The van der Waals surface area contributed by atoms with Crippen molar-refractivity contribution in [3.63, 3.8) is 0 Å². The van der Waals surface area contributed by atoms with Crippen LogP contribution < -0.4 is 0 Å². The Labute approximate surface area is 283 Å². The van der Waals surface area contributed by atoms with Crippen molar-refractivity contribution in [2.45, 2.75) is 160 Å². The van der Waals surface area contributed by atoms with E-state index in [9.17, 15) is 30.3 Å². The Morgan fingerprint density at radius 2 is 1.75 bits per heavy atom. The zero-order chi connectivity index (χ0) is 34.8. The maximum absolute atomic E-state index is 12.8. The van der Waals surface area contributed by atoms with Crippen molar-refractivity contribution in [2.75, 3.05) is 6.61 Å². The first-order valence-electron chi connectivity index (χ1n) is 18.2. The Balaban J connectivity index is 1.15. The zero-order valence-corrected chi connectivity index (χ0v) is 29.7. The number of allylic oxidation sites excluding steroid dienone is 1. The smallest absolute Gasteiger partial charge is 0.305 e. The molecule has 0 aromatic heterocycles. The van der Waals surface area contributed by atoms with Gasteiger partial charge in [0, 0.05) is 18.3 Å². The molecule has 11 nitrogen and oxygen atoms in total. The second-order valence-corrected chi connectivity index (χ2v) is 18.5. The highest BCUT2D eigenvalue weighted by molar-refractivity contribution is 5.66. The summed E-state index contributed by atoms with van der Waals surface area (Å²) < 4.78 is 31.6. The highest BCUT2D eigenvalue weighted by atomic mass is 16.9. The third kappa shape index (κ3) is 3.69. The van der Waals surface area contributed by atoms with Crippen LogP contribution in [0.5, 0.6) is 0 Å². The summed E-state index contributed by atoms with van der Waals surface area (Å²) in [5, 5.41) is 55.2. The van der Waals surface area contributed by atoms with E-state index in [0.717, 1.165) is 38.5 Å². The molecule has 270 valence electrons. The van der Waals surface area contributed by atoms with Crippen molar-refractivity contribution in [2.24, 2.45) is 44.8 Å². The monoisotopic (exact) mass is 676 g/mol. The summed E-state index contributed by atoms with van der Waals surface area (Å²) in [6.07, 6.45) is 1.58. The molecular weight excluding hydrogens is 620 g/mol. The molecule has 2 bridgehead atoms. The van der Waals surface area contributed by atoms with Crippen molar-refractivity contribution in [1.82, 2.24) is 0 Å². The van der Waals surface area contributed by atoms with Gasteiger partial charge in [0.05, 0.1) is 12.7 Å². The van der Waals surface area contributed by atoms with E-state index in [1.54, 1.807) is 13.8 Å². The van der Waals surface area contributed by atoms with Crippen LogP contribution in [-0.4, -0.2) is 98.2 Å². The summed E-state index contributed by atoms with van der Waals surface area (Å²) in [5.74, 6) is -3.59. The lowest BCUT2D eigenvalue weighted by molar-refractivity contribution is -0.334. The summed E-state index contributed by atoms with van der Waals surface area (Å²) in [7, 11) is 0. The normalized spacial score (nSPS) is 57.7. The Bertz CT molecular complexity index is 1420. The largest absolute Gasteiger partial charge is 0.427 e. The lowest BCUT2D eigenvalue weighted by Crippen LogP contribution is -2.60. The highest BCUT2D eigenvalue weighted by Crippen LogP contribution is 2.89. The van der Waals surface area contributed by atoms with Crippen LogP contribution in [0.4, 0.5) is 0 Å². The van der Waals surface area contributed by atoms with E-state index in [4.69, 9.17) is 23.7 Å². The van der Waals surface area contributed by atoms with Crippen LogP contribution in [0.25, 0.3) is 0 Å². The fraction of sp³-hybridized carbons (Fsp3) is 0.919. The molecule has 7 fully saturated rings. The fourth-order valence-electron chi connectivity index (χ4n) is 13.5. The lowest BCUT2D eigenvalue weighted by Gasteiger charge is -2.60. The van der Waals surface area contributed by atoms with Crippen molar-refractivity contribution in [1.29, 1.82) is 0 Å². The second kappa shape index (κ2) is 9.83. The van der Waals surface area contributed by atoms with Crippen LogP contribution in [-0.2, 0) is 28.5 Å². The van der Waals surface area contributed by atoms with Gasteiger partial charge in [-0.3, -0.25) is 4.79 Å². The van der Waals surface area contributed by atoms with Crippen molar-refractivity contribution < 1.29 is 54.0 Å². The molecule has 5 N–H and O–H groups in total. The van der Waals surface area contributed by atoms with Crippen molar-refractivity contribution in [3.8, 4) is 0 Å². The first kappa shape index (κ1) is 34.0. The van der Waals surface area contributed by atoms with Crippen LogP contribution in [0.2, 0.25) is 0 Å². The SMILES string of the molecule is CC(=O)O[C@]1(C(C)(C)O)O[C@@]23O[C@@H]1C[C@@H](C)[C@@H]2[C@@]1(C)CC[C@@]24C[C@@]25CC[C@H](O[C@@H]2OC[C@@H](O)[C@H](O)[C@H]2O)C(C)(C)[C@@H]5CC=C4[C@]1(C)[C@H]3O. The first-order chi connectivity index (χ1) is 22.2. The summed E-state index contributed by atoms with van der Waals surface area (Å²) in [6, 6.07) is 0. The highest BCUT2D eigenvalue weighted by Gasteiger charge is 2.88. The van der Waals surface area contributed by atoms with E-state index < -0.39 is 65.4 Å². The first-order valence-corrected chi connectivity index (χ1v) is 18.2. The molecule has 0 aromatic rings. The van der Waals surface area contributed by atoms with Gasteiger partial charge in [-0.15, -0.1) is 0 Å². The number of esters is 1. The van der Waals surface area contributed by atoms with E-state index >= 15 is 0 Å². The average molecular weight is 677 g/mol. The predicted molar refractivity (Wildman–Crippen MR) is 170 cm³/mol. The molecule has 4 saturated carbocycles. The van der Waals surface area contributed by atoms with Gasteiger partial charge in [-0.2, -0.15) is 0 Å². The molecule has 3 spiro atoms. The quantitative estimate of drug-likeness (QED) is 0.220. The Morgan fingerprint density at radius 1 is 1.04 bits per heavy atom. The number of fused-ring (bicyclic) bond motifs is 4. The number of hydrogen-bond donors (Lipinski definition) is 5. The molecule has 0 aromatic carbocycles. The Hall–Kier alpha value is -1.15. The Morgan fingerprint density at radius 3 is 2.42 bits per heavy atom. The molecular formula is C37H56O11. The topological polar surface area (TPSA) is 164 Å². The van der Waals surface area contributed by atoms with Crippen molar-refractivity contribution >= 4 is 5.97 Å². The van der Waals surface area contributed by atoms with Gasteiger partial charge in [0.15, 0.2) is 6.29 Å². The fourth-order valence-corrected chi connectivity index (χ4v) is 13.5. The van der Waals surface area contributed by atoms with Crippen LogP contribution in [0, 0.1) is 44.8 Å². The van der Waals surface area contributed by atoms with E-state index in [1.165, 1.54) is 12.5 Å². The molecule has 0 unspecified atom stereocenters. The maximum Gasteiger partial charge on any atom is 0.305 e. The van der Waals surface area contributed by atoms with Gasteiger partial charge in [0.25, 0.3) is 5.79 Å². The summed E-state index contributed by atoms with van der Waals surface area (Å²) in [5.41, 5.74) is -1.66. The predicted octanol–water partition coefficient (Wildman–Crippen LogP) is 2.93. The third-order valence-corrected chi connectivity index (χ3v) is 15.7. The molecule has 8 rings (SSSR count). The van der Waals surface area contributed by atoms with E-state index in [-0.39, 0.29) is 46.2 Å². The molecule has 0 amide bonds. The molecule has 5 aliphatic carbocycles. The number of carbonyl (C=O) groups excluding carboxylic acids is 1. The van der Waals surface area contributed by atoms with Gasteiger partial charge in [-0.25, -0.2) is 0 Å². The zero-order valence-electron chi connectivity index (χ0n) is 29.7. The molecule has 48 heavy (non-hydrogen) atoms. The maximum atomic E-state index is 12.8.